The van der Waals surface area contributed by atoms with E-state index in [1.807, 2.05) is 0 Å². The van der Waals surface area contributed by atoms with Gasteiger partial charge in [-0.3, -0.25) is 4.55 Å². The van der Waals surface area contributed by atoms with Crippen LogP contribution in [0.15, 0.2) is 0 Å². The Hall–Kier alpha value is -0.130. The first-order valence-electron chi connectivity index (χ1n) is 9.78. The van der Waals surface area contributed by atoms with Crippen molar-refractivity contribution in [1.82, 2.24) is 4.72 Å². The fourth-order valence-electron chi connectivity index (χ4n) is 2.87. The molecule has 0 unspecified atom stereocenters. The van der Waals surface area contributed by atoms with Crippen LogP contribution in [0.3, 0.4) is 0 Å². The lowest BCUT2D eigenvalue weighted by molar-refractivity contribution is 0.464. The predicted molar refractivity (Wildman–Crippen MR) is 99.1 cm³/mol. The zero-order valence-electron chi connectivity index (χ0n) is 15.2. The maximum Gasteiger partial charge on any atom is 0.333 e. The minimum absolute atomic E-state index is 0.345. The van der Waals surface area contributed by atoms with Gasteiger partial charge in [-0.1, -0.05) is 103 Å². The number of nitrogens with one attached hydrogen (secondary N) is 1. The molecule has 0 radical (unpaired) electrons. The van der Waals surface area contributed by atoms with Crippen LogP contribution in [0.5, 0.6) is 0 Å². The van der Waals surface area contributed by atoms with E-state index < -0.39 is 10.3 Å². The molecule has 0 amide bonds. The highest BCUT2D eigenvalue weighted by Gasteiger charge is 2.00. The highest BCUT2D eigenvalue weighted by atomic mass is 32.2. The molecular weight excluding hydrogens is 310 g/mol. The summed E-state index contributed by atoms with van der Waals surface area (Å²) in [7, 11) is -3.99. The van der Waals surface area contributed by atoms with Crippen LogP contribution in [0.1, 0.15) is 110 Å². The molecule has 4 nitrogen and oxygen atoms in total. The molecule has 0 aliphatic carbocycles. The van der Waals surface area contributed by atoms with Crippen molar-refractivity contribution in [3.63, 3.8) is 0 Å². The molecule has 0 aromatic carbocycles. The molecule has 0 aliphatic rings. The minimum atomic E-state index is -3.99. The number of unbranched alkanes of at least 4 members (excludes halogenated alkanes) is 15. The maximum atomic E-state index is 10.4. The molecule has 0 aromatic heterocycles. The smallest absolute Gasteiger partial charge is 0.273 e. The highest BCUT2D eigenvalue weighted by Crippen LogP contribution is 2.13. The summed E-state index contributed by atoms with van der Waals surface area (Å²) in [5.74, 6) is 0. The molecule has 0 saturated heterocycles. The molecule has 0 fully saturated rings. The van der Waals surface area contributed by atoms with Gasteiger partial charge in [0.2, 0.25) is 0 Å². The van der Waals surface area contributed by atoms with Gasteiger partial charge in [0.15, 0.2) is 0 Å². The van der Waals surface area contributed by atoms with Crippen LogP contribution in [-0.2, 0) is 10.3 Å². The Balaban J connectivity index is 3.03. The van der Waals surface area contributed by atoms with Crippen LogP contribution in [0.2, 0.25) is 0 Å². The second-order valence-corrected chi connectivity index (χ2v) is 7.91. The second kappa shape index (κ2) is 16.7. The van der Waals surface area contributed by atoms with Crippen LogP contribution in [0.4, 0.5) is 0 Å². The van der Waals surface area contributed by atoms with Crippen molar-refractivity contribution < 1.29 is 13.0 Å². The lowest BCUT2D eigenvalue weighted by Gasteiger charge is -2.04. The Morgan fingerprint density at radius 2 is 0.913 bits per heavy atom. The summed E-state index contributed by atoms with van der Waals surface area (Å²) >= 11 is 0. The summed E-state index contributed by atoms with van der Waals surface area (Å²) < 4.78 is 31.5. The van der Waals surface area contributed by atoms with Crippen molar-refractivity contribution in [3.05, 3.63) is 0 Å². The summed E-state index contributed by atoms with van der Waals surface area (Å²) in [6.07, 6.45) is 20.8. The molecule has 0 aliphatic heterocycles. The van der Waals surface area contributed by atoms with Crippen molar-refractivity contribution in [2.45, 2.75) is 110 Å². The fraction of sp³-hybridized carbons (Fsp3) is 1.00. The van der Waals surface area contributed by atoms with Crippen LogP contribution in [0, 0.1) is 0 Å². The molecule has 0 saturated carbocycles. The van der Waals surface area contributed by atoms with Crippen molar-refractivity contribution in [2.75, 3.05) is 6.54 Å². The quantitative estimate of drug-likeness (QED) is 0.248. The van der Waals surface area contributed by atoms with Crippen LogP contribution in [0.25, 0.3) is 0 Å². The Labute approximate surface area is 144 Å². The third kappa shape index (κ3) is 21.9. The summed E-state index contributed by atoms with van der Waals surface area (Å²) in [4.78, 5) is 0. The van der Waals surface area contributed by atoms with E-state index in [0.29, 0.717) is 6.54 Å². The van der Waals surface area contributed by atoms with E-state index >= 15 is 0 Å². The van der Waals surface area contributed by atoms with Crippen LogP contribution in [-0.4, -0.2) is 19.5 Å². The molecule has 0 rings (SSSR count). The van der Waals surface area contributed by atoms with Gasteiger partial charge in [0.05, 0.1) is 0 Å². The Morgan fingerprint density at radius 3 is 1.22 bits per heavy atom. The summed E-state index contributed by atoms with van der Waals surface area (Å²) in [6.45, 7) is 2.61. The number of hydrogen-bond acceptors (Lipinski definition) is 2. The van der Waals surface area contributed by atoms with E-state index in [1.54, 1.807) is 0 Å². The molecule has 0 bridgehead atoms. The molecule has 0 atom stereocenters. The van der Waals surface area contributed by atoms with E-state index in [2.05, 4.69) is 11.6 Å². The Kier molecular flexibility index (Phi) is 16.6. The van der Waals surface area contributed by atoms with Crippen LogP contribution >= 0.6 is 0 Å². The standard InChI is InChI=1S/C18H39NO3S/c1-2-3-4-5-6-7-8-9-10-11-12-13-14-15-16-17-18-19-23(20,21)22/h19H,2-18H2,1H3,(H,20,21,22). The molecule has 23 heavy (non-hydrogen) atoms. The molecule has 0 aromatic rings. The van der Waals surface area contributed by atoms with Gasteiger partial charge in [0, 0.05) is 6.54 Å². The third-order valence-corrected chi connectivity index (χ3v) is 4.88. The fourth-order valence-corrected chi connectivity index (χ4v) is 3.28. The van der Waals surface area contributed by atoms with Gasteiger partial charge >= 0.3 is 10.3 Å². The number of hydrogen-bond donors (Lipinski definition) is 2. The van der Waals surface area contributed by atoms with Gasteiger partial charge in [0.1, 0.15) is 0 Å². The Morgan fingerprint density at radius 1 is 0.609 bits per heavy atom. The van der Waals surface area contributed by atoms with E-state index in [4.69, 9.17) is 4.55 Å². The largest absolute Gasteiger partial charge is 0.333 e. The van der Waals surface area contributed by atoms with E-state index in [-0.39, 0.29) is 0 Å². The van der Waals surface area contributed by atoms with Crippen LogP contribution < -0.4 is 4.72 Å². The lowest BCUT2D eigenvalue weighted by atomic mass is 10.0. The summed E-state index contributed by atoms with van der Waals surface area (Å²) in [5, 5.41) is 0. The van der Waals surface area contributed by atoms with Crippen molar-refractivity contribution in [2.24, 2.45) is 0 Å². The third-order valence-electron chi connectivity index (χ3n) is 4.31. The monoisotopic (exact) mass is 349 g/mol. The van der Waals surface area contributed by atoms with Gasteiger partial charge in [-0.05, 0) is 6.42 Å². The van der Waals surface area contributed by atoms with Gasteiger partial charge in [-0.15, -0.1) is 0 Å². The normalized spacial score (nSPS) is 11.9. The zero-order chi connectivity index (χ0) is 17.2. The van der Waals surface area contributed by atoms with Gasteiger partial charge in [0.25, 0.3) is 0 Å². The van der Waals surface area contributed by atoms with E-state index in [1.165, 1.54) is 83.5 Å². The van der Waals surface area contributed by atoms with Gasteiger partial charge in [-0.2, -0.15) is 13.1 Å². The molecule has 5 heteroatoms. The van der Waals surface area contributed by atoms with Crippen molar-refractivity contribution in [3.8, 4) is 0 Å². The molecule has 2 N–H and O–H groups in total. The minimum Gasteiger partial charge on any atom is -0.273 e. The molecule has 140 valence electrons. The topological polar surface area (TPSA) is 66.4 Å². The Bertz CT molecular complexity index is 331. The average Bonchev–Trinajstić information content (AvgIpc) is 2.49. The first-order valence-corrected chi connectivity index (χ1v) is 11.2. The second-order valence-electron chi connectivity index (χ2n) is 6.67. The van der Waals surface area contributed by atoms with E-state index in [9.17, 15) is 8.42 Å². The van der Waals surface area contributed by atoms with Gasteiger partial charge in [-0.25, -0.2) is 0 Å². The SMILES string of the molecule is CCCCCCCCCCCCCCCCCCNS(=O)(=O)O. The highest BCUT2D eigenvalue weighted by molar-refractivity contribution is 7.83. The molecule has 0 spiro atoms. The van der Waals surface area contributed by atoms with E-state index in [0.717, 1.165) is 19.3 Å². The zero-order valence-corrected chi connectivity index (χ0v) is 16.0. The first-order chi connectivity index (χ1) is 11.1. The summed E-state index contributed by atoms with van der Waals surface area (Å²) in [6, 6.07) is 0. The maximum absolute atomic E-state index is 10.4. The molecular formula is C18H39NO3S. The lowest BCUT2D eigenvalue weighted by Crippen LogP contribution is -2.23. The summed E-state index contributed by atoms with van der Waals surface area (Å²) in [5.41, 5.74) is 0. The van der Waals surface area contributed by atoms with Crippen molar-refractivity contribution in [1.29, 1.82) is 0 Å². The van der Waals surface area contributed by atoms with Crippen molar-refractivity contribution >= 4 is 10.3 Å². The predicted octanol–water partition coefficient (Wildman–Crippen LogP) is 5.64. The molecule has 0 heterocycles. The first kappa shape index (κ1) is 22.9. The average molecular weight is 350 g/mol. The number of rotatable bonds is 18. The van der Waals surface area contributed by atoms with Gasteiger partial charge < -0.3 is 0 Å².